The van der Waals surface area contributed by atoms with Crippen LogP contribution in [0.4, 0.5) is 5.69 Å². The number of para-hydroxylation sites is 1. The largest absolute Gasteiger partial charge is 0.496 e. The van der Waals surface area contributed by atoms with E-state index in [1.165, 1.54) is 23.1 Å². The standard InChI is InChI=1S/C21H22N4O3S2/c1-14-7-9-16(10-8-14)23-20(27)21-25-24-19(30-21)13-29-12-18(26)22-11-15-5-3-4-6-17(15)28-2/h3-10H,11-13H2,1-2H3,(H,22,26)(H,23,27). The number of ether oxygens (including phenoxy) is 1. The zero-order valence-electron chi connectivity index (χ0n) is 16.7. The molecule has 0 unspecified atom stereocenters. The van der Waals surface area contributed by atoms with Gasteiger partial charge >= 0.3 is 0 Å². The van der Waals surface area contributed by atoms with Gasteiger partial charge in [0.25, 0.3) is 5.91 Å². The number of hydrogen-bond donors (Lipinski definition) is 2. The molecule has 2 aromatic carbocycles. The van der Waals surface area contributed by atoms with E-state index in [0.29, 0.717) is 33.8 Å². The van der Waals surface area contributed by atoms with Gasteiger partial charge in [-0.3, -0.25) is 9.59 Å². The number of nitrogens with zero attached hydrogens (tertiary/aromatic N) is 2. The number of anilines is 1. The summed E-state index contributed by atoms with van der Waals surface area (Å²) in [4.78, 5) is 24.4. The maximum absolute atomic E-state index is 12.3. The van der Waals surface area contributed by atoms with Gasteiger partial charge in [0.05, 0.1) is 12.9 Å². The van der Waals surface area contributed by atoms with Crippen molar-refractivity contribution in [2.45, 2.75) is 19.2 Å². The van der Waals surface area contributed by atoms with Crippen LogP contribution in [0.1, 0.15) is 25.9 Å². The first-order valence-electron chi connectivity index (χ1n) is 9.22. The van der Waals surface area contributed by atoms with Crippen LogP contribution in [0.25, 0.3) is 0 Å². The van der Waals surface area contributed by atoms with Crippen molar-refractivity contribution in [2.24, 2.45) is 0 Å². The van der Waals surface area contributed by atoms with Crippen molar-refractivity contribution in [1.82, 2.24) is 15.5 Å². The summed E-state index contributed by atoms with van der Waals surface area (Å²) in [5.41, 5.74) is 2.75. The lowest BCUT2D eigenvalue weighted by molar-refractivity contribution is -0.118. The topological polar surface area (TPSA) is 93.2 Å². The number of aromatic nitrogens is 2. The third kappa shape index (κ3) is 6.30. The Labute approximate surface area is 183 Å². The fourth-order valence-corrected chi connectivity index (χ4v) is 4.19. The van der Waals surface area contributed by atoms with Gasteiger partial charge in [-0.1, -0.05) is 47.2 Å². The van der Waals surface area contributed by atoms with Crippen molar-refractivity contribution in [1.29, 1.82) is 0 Å². The van der Waals surface area contributed by atoms with Gasteiger partial charge in [-0.2, -0.15) is 0 Å². The highest BCUT2D eigenvalue weighted by Crippen LogP contribution is 2.19. The predicted octanol–water partition coefficient (Wildman–Crippen LogP) is 3.66. The van der Waals surface area contributed by atoms with E-state index in [-0.39, 0.29) is 11.8 Å². The van der Waals surface area contributed by atoms with Crippen LogP contribution < -0.4 is 15.4 Å². The molecule has 1 heterocycles. The SMILES string of the molecule is COc1ccccc1CNC(=O)CSCc1nnc(C(=O)Nc2ccc(C)cc2)s1. The number of rotatable bonds is 9. The fraction of sp³-hybridized carbons (Fsp3) is 0.238. The van der Waals surface area contributed by atoms with Crippen LogP contribution in [0, 0.1) is 6.92 Å². The Kier molecular flexibility index (Phi) is 7.81. The van der Waals surface area contributed by atoms with Crippen molar-refractivity contribution in [3.63, 3.8) is 0 Å². The number of carbonyl (C=O) groups is 2. The first-order chi connectivity index (χ1) is 14.5. The highest BCUT2D eigenvalue weighted by molar-refractivity contribution is 7.99. The molecule has 0 atom stereocenters. The summed E-state index contributed by atoms with van der Waals surface area (Å²) >= 11 is 2.65. The Morgan fingerprint density at radius 1 is 1.10 bits per heavy atom. The molecule has 3 rings (SSSR count). The van der Waals surface area contributed by atoms with Gasteiger partial charge in [0.1, 0.15) is 10.8 Å². The molecule has 30 heavy (non-hydrogen) atoms. The number of aryl methyl sites for hydroxylation is 1. The van der Waals surface area contributed by atoms with Crippen LogP contribution in [-0.4, -0.2) is 34.9 Å². The molecule has 0 spiro atoms. The Hall–Kier alpha value is -2.91. The lowest BCUT2D eigenvalue weighted by Crippen LogP contribution is -2.24. The van der Waals surface area contributed by atoms with Crippen molar-refractivity contribution < 1.29 is 14.3 Å². The molecule has 1 aromatic heterocycles. The Balaban J connectivity index is 1.42. The van der Waals surface area contributed by atoms with Gasteiger partial charge < -0.3 is 15.4 Å². The Morgan fingerprint density at radius 2 is 1.87 bits per heavy atom. The van der Waals surface area contributed by atoms with Gasteiger partial charge in [0, 0.05) is 23.5 Å². The number of benzene rings is 2. The second-order valence-corrected chi connectivity index (χ2v) is 8.45. The van der Waals surface area contributed by atoms with Crippen LogP contribution in [0.5, 0.6) is 5.75 Å². The van der Waals surface area contributed by atoms with Crippen LogP contribution in [0.15, 0.2) is 48.5 Å². The molecule has 7 nitrogen and oxygen atoms in total. The van der Waals surface area contributed by atoms with Crippen LogP contribution in [0.3, 0.4) is 0 Å². The molecule has 2 N–H and O–H groups in total. The summed E-state index contributed by atoms with van der Waals surface area (Å²) in [7, 11) is 1.61. The highest BCUT2D eigenvalue weighted by atomic mass is 32.2. The van der Waals surface area contributed by atoms with E-state index in [9.17, 15) is 9.59 Å². The first-order valence-corrected chi connectivity index (χ1v) is 11.2. The molecule has 0 aliphatic rings. The number of carbonyl (C=O) groups excluding carboxylic acids is 2. The molecule has 2 amide bonds. The lowest BCUT2D eigenvalue weighted by Gasteiger charge is -2.09. The molecule has 0 aliphatic heterocycles. The second kappa shape index (κ2) is 10.7. The molecule has 0 bridgehead atoms. The molecular weight excluding hydrogens is 420 g/mol. The van der Waals surface area contributed by atoms with Crippen LogP contribution in [0.2, 0.25) is 0 Å². The highest BCUT2D eigenvalue weighted by Gasteiger charge is 2.14. The van der Waals surface area contributed by atoms with Gasteiger partial charge in [-0.15, -0.1) is 22.0 Å². The number of methoxy groups -OCH3 is 1. The minimum atomic E-state index is -0.290. The van der Waals surface area contributed by atoms with Crippen molar-refractivity contribution in [3.8, 4) is 5.75 Å². The minimum Gasteiger partial charge on any atom is -0.496 e. The van der Waals surface area contributed by atoms with Gasteiger partial charge in [0.15, 0.2) is 0 Å². The van der Waals surface area contributed by atoms with Crippen molar-refractivity contribution >= 4 is 40.6 Å². The molecular formula is C21H22N4O3S2. The summed E-state index contributed by atoms with van der Waals surface area (Å²) < 4.78 is 5.28. The van der Waals surface area contributed by atoms with E-state index < -0.39 is 0 Å². The van der Waals surface area contributed by atoms with Gasteiger partial charge in [-0.05, 0) is 25.1 Å². The molecule has 0 fully saturated rings. The second-order valence-electron chi connectivity index (χ2n) is 6.40. The van der Waals surface area contributed by atoms with Crippen LogP contribution in [-0.2, 0) is 17.1 Å². The molecule has 3 aromatic rings. The molecule has 0 saturated carbocycles. The molecule has 0 aliphatic carbocycles. The monoisotopic (exact) mass is 442 g/mol. The average molecular weight is 443 g/mol. The maximum atomic E-state index is 12.3. The Morgan fingerprint density at radius 3 is 2.63 bits per heavy atom. The number of hydrogen-bond acceptors (Lipinski definition) is 7. The summed E-state index contributed by atoms with van der Waals surface area (Å²) in [6, 6.07) is 15.1. The summed E-state index contributed by atoms with van der Waals surface area (Å²) in [5.74, 6) is 1.18. The summed E-state index contributed by atoms with van der Waals surface area (Å²) in [6.45, 7) is 2.39. The van der Waals surface area contributed by atoms with E-state index in [2.05, 4.69) is 20.8 Å². The zero-order chi connectivity index (χ0) is 21.3. The van der Waals surface area contributed by atoms with Crippen molar-refractivity contribution in [2.75, 3.05) is 18.2 Å². The quantitative estimate of drug-likeness (QED) is 0.525. The number of thioether (sulfide) groups is 1. The maximum Gasteiger partial charge on any atom is 0.286 e. The molecule has 9 heteroatoms. The van der Waals surface area contributed by atoms with Crippen molar-refractivity contribution in [3.05, 3.63) is 69.7 Å². The first kappa shape index (κ1) is 21.8. The van der Waals surface area contributed by atoms with E-state index in [4.69, 9.17) is 4.74 Å². The predicted molar refractivity (Wildman–Crippen MR) is 120 cm³/mol. The lowest BCUT2D eigenvalue weighted by atomic mass is 10.2. The summed E-state index contributed by atoms with van der Waals surface area (Å²) in [5, 5.41) is 14.7. The summed E-state index contributed by atoms with van der Waals surface area (Å²) in [6.07, 6.45) is 0. The van der Waals surface area contributed by atoms with E-state index in [0.717, 1.165) is 16.9 Å². The van der Waals surface area contributed by atoms with E-state index >= 15 is 0 Å². The smallest absolute Gasteiger partial charge is 0.286 e. The molecule has 156 valence electrons. The minimum absolute atomic E-state index is 0.0761. The molecule has 0 radical (unpaired) electrons. The van der Waals surface area contributed by atoms with E-state index in [1.807, 2.05) is 55.5 Å². The number of nitrogens with one attached hydrogen (secondary N) is 2. The normalized spacial score (nSPS) is 10.5. The van der Waals surface area contributed by atoms with Gasteiger partial charge in [0.2, 0.25) is 10.9 Å². The third-order valence-electron chi connectivity index (χ3n) is 4.10. The van der Waals surface area contributed by atoms with Gasteiger partial charge in [-0.25, -0.2) is 0 Å². The molecule has 0 saturated heterocycles. The fourth-order valence-electron chi connectivity index (χ4n) is 2.55. The van der Waals surface area contributed by atoms with E-state index in [1.54, 1.807) is 7.11 Å². The number of amides is 2. The third-order valence-corrected chi connectivity index (χ3v) is 6.15. The Bertz CT molecular complexity index is 1010. The zero-order valence-corrected chi connectivity index (χ0v) is 18.3. The van der Waals surface area contributed by atoms with Crippen LogP contribution >= 0.6 is 23.1 Å². The average Bonchev–Trinajstić information content (AvgIpc) is 3.23.